The summed E-state index contributed by atoms with van der Waals surface area (Å²) in [5.74, 6) is 0.645. The number of rotatable bonds is 7. The van der Waals surface area contributed by atoms with E-state index < -0.39 is 5.41 Å². The van der Waals surface area contributed by atoms with E-state index in [1.807, 2.05) is 52.0 Å². The molecule has 2 aromatic heterocycles. The van der Waals surface area contributed by atoms with Crippen molar-refractivity contribution in [3.8, 4) is 0 Å². The number of fused-ring (bicyclic) bond motifs is 1. The summed E-state index contributed by atoms with van der Waals surface area (Å²) in [5, 5.41) is 8.11. The van der Waals surface area contributed by atoms with Gasteiger partial charge in [0.05, 0.1) is 0 Å². The molecule has 0 bridgehead atoms. The van der Waals surface area contributed by atoms with Gasteiger partial charge in [-0.05, 0) is 43.2 Å². The lowest BCUT2D eigenvalue weighted by molar-refractivity contribution is 0.0944. The number of carbonyl (C=O) groups excluding carboxylic acids is 1. The van der Waals surface area contributed by atoms with E-state index in [1.165, 1.54) is 17.8 Å². The summed E-state index contributed by atoms with van der Waals surface area (Å²) in [5.41, 5.74) is 3.35. The fraction of sp³-hybridized carbons (Fsp3) is 0.280. The molecule has 1 amide bonds. The predicted molar refractivity (Wildman–Crippen MR) is 128 cm³/mol. The van der Waals surface area contributed by atoms with Crippen LogP contribution in [0.2, 0.25) is 0 Å². The molecule has 0 fully saturated rings. The summed E-state index contributed by atoms with van der Waals surface area (Å²) >= 11 is 1.46. The van der Waals surface area contributed by atoms with Gasteiger partial charge in [0.15, 0.2) is 0 Å². The number of nitrogens with zero attached hydrogens (tertiary/aromatic N) is 4. The second-order valence-electron chi connectivity index (χ2n) is 8.64. The molecule has 4 aromatic rings. The van der Waals surface area contributed by atoms with Crippen LogP contribution < -0.4 is 5.32 Å². The molecule has 0 unspecified atom stereocenters. The van der Waals surface area contributed by atoms with Crippen LogP contribution in [-0.4, -0.2) is 32.0 Å². The lowest BCUT2D eigenvalue weighted by atomic mass is 9.84. The number of benzene rings is 2. The first kappa shape index (κ1) is 22.9. The van der Waals surface area contributed by atoms with E-state index in [4.69, 9.17) is 0 Å². The second-order valence-corrected chi connectivity index (χ2v) is 9.58. The van der Waals surface area contributed by atoms with Gasteiger partial charge in [0, 0.05) is 34.7 Å². The minimum absolute atomic E-state index is 0.188. The molecule has 4 rings (SSSR count). The van der Waals surface area contributed by atoms with E-state index >= 15 is 0 Å². The average Bonchev–Trinajstić information content (AvgIpc) is 3.20. The Labute approximate surface area is 196 Å². The van der Waals surface area contributed by atoms with Crippen LogP contribution >= 0.6 is 11.8 Å². The first-order valence-electron chi connectivity index (χ1n) is 10.7. The van der Waals surface area contributed by atoms with Crippen LogP contribution in [0.15, 0.2) is 59.8 Å². The van der Waals surface area contributed by atoms with Crippen molar-refractivity contribution in [3.63, 3.8) is 0 Å². The number of halogens is 1. The Bertz CT molecular complexity index is 1320. The summed E-state index contributed by atoms with van der Waals surface area (Å²) < 4.78 is 16.0. The maximum absolute atomic E-state index is 14.2. The Balaban J connectivity index is 1.46. The Morgan fingerprint density at radius 1 is 1.09 bits per heavy atom. The fourth-order valence-electron chi connectivity index (χ4n) is 3.72. The van der Waals surface area contributed by atoms with Gasteiger partial charge in [-0.2, -0.15) is 4.98 Å². The molecule has 0 aliphatic rings. The van der Waals surface area contributed by atoms with E-state index in [1.54, 1.807) is 28.8 Å². The molecule has 0 aliphatic carbocycles. The molecule has 0 radical (unpaired) electrons. The third kappa shape index (κ3) is 5.06. The van der Waals surface area contributed by atoms with Crippen molar-refractivity contribution >= 4 is 23.4 Å². The summed E-state index contributed by atoms with van der Waals surface area (Å²) in [6.07, 6.45) is 0. The van der Waals surface area contributed by atoms with Gasteiger partial charge in [0.2, 0.25) is 5.16 Å². The second kappa shape index (κ2) is 9.31. The zero-order valence-electron chi connectivity index (χ0n) is 19.1. The third-order valence-electron chi connectivity index (χ3n) is 5.51. The van der Waals surface area contributed by atoms with Crippen molar-refractivity contribution in [1.82, 2.24) is 24.9 Å². The molecule has 33 heavy (non-hydrogen) atoms. The van der Waals surface area contributed by atoms with Crippen LogP contribution in [0, 0.1) is 19.7 Å². The summed E-state index contributed by atoms with van der Waals surface area (Å²) in [6, 6.07) is 16.1. The lowest BCUT2D eigenvalue weighted by Gasteiger charge is -2.26. The van der Waals surface area contributed by atoms with Gasteiger partial charge in [0.1, 0.15) is 5.82 Å². The number of carbonyl (C=O) groups is 1. The normalized spacial score (nSPS) is 11.7. The number of hydrogen-bond donors (Lipinski definition) is 1. The molecule has 0 atom stereocenters. The summed E-state index contributed by atoms with van der Waals surface area (Å²) in [4.78, 5) is 21.9. The molecular weight excluding hydrogens is 437 g/mol. The molecule has 1 N–H and O–H groups in total. The largest absolute Gasteiger partial charge is 0.351 e. The Morgan fingerprint density at radius 2 is 1.82 bits per heavy atom. The van der Waals surface area contributed by atoms with E-state index in [9.17, 15) is 9.18 Å². The Kier molecular flexibility index (Phi) is 6.47. The standard InChI is InChI=1S/C25H26FN5OS/c1-16-13-17(2)31-23(28-16)29-24(30-31)33-14-18-9-5-6-10-19(18)22(32)27-15-25(3,4)20-11-7-8-12-21(20)26/h5-13H,14-15H2,1-4H3,(H,27,32). The monoisotopic (exact) mass is 463 g/mol. The first-order valence-corrected chi connectivity index (χ1v) is 11.7. The van der Waals surface area contributed by atoms with Crippen LogP contribution in [0.25, 0.3) is 5.78 Å². The highest BCUT2D eigenvalue weighted by Gasteiger charge is 2.25. The molecular formula is C25H26FN5OS. The highest BCUT2D eigenvalue weighted by atomic mass is 32.2. The average molecular weight is 464 g/mol. The Hall–Kier alpha value is -3.26. The van der Waals surface area contributed by atoms with Gasteiger partial charge in [0.25, 0.3) is 11.7 Å². The van der Waals surface area contributed by atoms with Crippen LogP contribution in [0.3, 0.4) is 0 Å². The molecule has 170 valence electrons. The smallest absolute Gasteiger partial charge is 0.253 e. The number of aryl methyl sites for hydroxylation is 2. The van der Waals surface area contributed by atoms with Gasteiger partial charge in [-0.1, -0.05) is 62.0 Å². The molecule has 6 nitrogen and oxygen atoms in total. The SMILES string of the molecule is Cc1cc(C)n2nc(SCc3ccccc3C(=O)NCC(C)(C)c3ccccc3F)nc2n1. The minimum Gasteiger partial charge on any atom is -0.351 e. The van der Waals surface area contributed by atoms with Gasteiger partial charge >= 0.3 is 0 Å². The van der Waals surface area contributed by atoms with Crippen molar-refractivity contribution < 1.29 is 9.18 Å². The van der Waals surface area contributed by atoms with E-state index in [2.05, 4.69) is 20.4 Å². The summed E-state index contributed by atoms with van der Waals surface area (Å²) in [6.45, 7) is 8.04. The maximum atomic E-state index is 14.2. The van der Waals surface area contributed by atoms with Crippen LogP contribution in [0.1, 0.15) is 46.7 Å². The summed E-state index contributed by atoms with van der Waals surface area (Å²) in [7, 11) is 0. The molecule has 2 heterocycles. The van der Waals surface area contributed by atoms with E-state index in [0.29, 0.717) is 34.4 Å². The molecule has 0 aliphatic heterocycles. The quantitative estimate of drug-likeness (QED) is 0.396. The van der Waals surface area contributed by atoms with E-state index in [-0.39, 0.29) is 11.7 Å². The lowest BCUT2D eigenvalue weighted by Crippen LogP contribution is -2.37. The third-order valence-corrected chi connectivity index (χ3v) is 6.40. The van der Waals surface area contributed by atoms with Crippen molar-refractivity contribution in [2.24, 2.45) is 0 Å². The predicted octanol–water partition coefficient (Wildman–Crippen LogP) is 4.88. The maximum Gasteiger partial charge on any atom is 0.253 e. The molecule has 0 spiro atoms. The molecule has 0 saturated heterocycles. The topological polar surface area (TPSA) is 72.2 Å². The van der Waals surface area contributed by atoms with Crippen LogP contribution in [0.5, 0.6) is 0 Å². The van der Waals surface area contributed by atoms with Crippen molar-refractivity contribution in [1.29, 1.82) is 0 Å². The number of nitrogens with one attached hydrogen (secondary N) is 1. The fourth-order valence-corrected chi connectivity index (χ4v) is 4.54. The van der Waals surface area contributed by atoms with E-state index in [0.717, 1.165) is 17.0 Å². The zero-order chi connectivity index (χ0) is 23.6. The van der Waals surface area contributed by atoms with Crippen molar-refractivity contribution in [2.75, 3.05) is 6.54 Å². The van der Waals surface area contributed by atoms with Crippen molar-refractivity contribution in [3.05, 3.63) is 88.5 Å². The first-order chi connectivity index (χ1) is 15.7. The van der Waals surface area contributed by atoms with Crippen LogP contribution in [0.4, 0.5) is 4.39 Å². The highest BCUT2D eigenvalue weighted by molar-refractivity contribution is 7.98. The van der Waals surface area contributed by atoms with Gasteiger partial charge in [-0.15, -0.1) is 5.10 Å². The Morgan fingerprint density at radius 3 is 2.61 bits per heavy atom. The number of aromatic nitrogens is 4. The highest BCUT2D eigenvalue weighted by Crippen LogP contribution is 2.26. The molecule has 0 saturated carbocycles. The van der Waals surface area contributed by atoms with Gasteiger partial charge in [-0.3, -0.25) is 4.79 Å². The number of thioether (sulfide) groups is 1. The van der Waals surface area contributed by atoms with Crippen molar-refractivity contribution in [2.45, 2.75) is 44.0 Å². The number of amides is 1. The molecule has 8 heteroatoms. The van der Waals surface area contributed by atoms with Gasteiger partial charge < -0.3 is 5.32 Å². The van der Waals surface area contributed by atoms with Crippen LogP contribution in [-0.2, 0) is 11.2 Å². The van der Waals surface area contributed by atoms with Gasteiger partial charge in [-0.25, -0.2) is 13.9 Å². The molecule has 2 aromatic carbocycles. The number of hydrogen-bond acceptors (Lipinski definition) is 5. The minimum atomic E-state index is -0.547. The zero-order valence-corrected chi connectivity index (χ0v) is 19.9.